The summed E-state index contributed by atoms with van der Waals surface area (Å²) in [6.45, 7) is 3.91. The van der Waals surface area contributed by atoms with E-state index in [1.165, 1.54) is 6.42 Å². The second-order valence-electron chi connectivity index (χ2n) is 3.88. The first kappa shape index (κ1) is 10.8. The largest absolute Gasteiger partial charge is 0.386 e. The summed E-state index contributed by atoms with van der Waals surface area (Å²) in [6, 6.07) is -0.105. The third kappa shape index (κ3) is 3.24. The van der Waals surface area contributed by atoms with Crippen molar-refractivity contribution in [1.82, 2.24) is 10.2 Å². The van der Waals surface area contributed by atoms with Crippen molar-refractivity contribution in [3.05, 3.63) is 0 Å². The van der Waals surface area contributed by atoms with Crippen LogP contribution in [-0.4, -0.2) is 36.4 Å². The zero-order valence-corrected chi connectivity index (χ0v) is 8.55. The normalized spacial score (nSPS) is 21.8. The maximum atomic E-state index is 11.5. The molecule has 0 aromatic carbocycles. The van der Waals surface area contributed by atoms with Gasteiger partial charge in [0.15, 0.2) is 0 Å². The Kier molecular flexibility index (Phi) is 3.73. The number of nitrogens with zero attached hydrogens (tertiary/aromatic N) is 1. The lowest BCUT2D eigenvalue weighted by atomic mass is 10.0. The molecule has 0 saturated carbocycles. The van der Waals surface area contributed by atoms with Crippen LogP contribution in [0.25, 0.3) is 0 Å². The van der Waals surface area contributed by atoms with E-state index in [2.05, 4.69) is 12.2 Å². The molecule has 1 aliphatic rings. The molecule has 1 aliphatic heterocycles. The van der Waals surface area contributed by atoms with Crippen LogP contribution >= 0.6 is 0 Å². The van der Waals surface area contributed by atoms with E-state index in [-0.39, 0.29) is 18.4 Å². The van der Waals surface area contributed by atoms with Gasteiger partial charge in [-0.1, -0.05) is 6.92 Å². The summed E-state index contributed by atoms with van der Waals surface area (Å²) >= 11 is 0. The number of nitrogens with two attached hydrogens (primary N) is 1. The molecule has 0 aromatic rings. The van der Waals surface area contributed by atoms with Gasteiger partial charge in [-0.2, -0.15) is 0 Å². The molecule has 1 atom stereocenters. The Morgan fingerprint density at radius 3 is 3.00 bits per heavy atom. The average molecular weight is 198 g/mol. The number of piperidine rings is 1. The van der Waals surface area contributed by atoms with Crippen molar-refractivity contribution in [2.75, 3.05) is 19.6 Å². The van der Waals surface area contributed by atoms with E-state index in [1.807, 2.05) is 0 Å². The summed E-state index contributed by atoms with van der Waals surface area (Å²) in [4.78, 5) is 13.3. The van der Waals surface area contributed by atoms with Gasteiger partial charge in [0.05, 0.1) is 6.54 Å². The van der Waals surface area contributed by atoms with Crippen molar-refractivity contribution in [3.63, 3.8) is 0 Å². The van der Waals surface area contributed by atoms with Gasteiger partial charge in [-0.15, -0.1) is 0 Å². The van der Waals surface area contributed by atoms with E-state index in [1.54, 1.807) is 4.90 Å². The molecule has 0 radical (unpaired) electrons. The second-order valence-corrected chi connectivity index (χ2v) is 3.88. The molecular weight excluding hydrogens is 180 g/mol. The van der Waals surface area contributed by atoms with Gasteiger partial charge in [-0.25, -0.2) is 4.79 Å². The Morgan fingerprint density at radius 2 is 2.43 bits per heavy atom. The number of urea groups is 1. The van der Waals surface area contributed by atoms with Gasteiger partial charge in [0.25, 0.3) is 0 Å². The summed E-state index contributed by atoms with van der Waals surface area (Å²) in [5.74, 6) is 0.565. The van der Waals surface area contributed by atoms with Crippen molar-refractivity contribution in [1.29, 1.82) is 5.41 Å². The fourth-order valence-corrected chi connectivity index (χ4v) is 1.66. The Hall–Kier alpha value is -1.26. The standard InChI is InChI=1S/C9H18N4O/c1-7-3-2-4-13(6-7)9(14)12-5-8(10)11/h7H,2-6H2,1H3,(H3,10,11)(H,12,14). The molecular formula is C9H18N4O. The SMILES string of the molecule is CC1CCCN(C(=O)NCC(=N)N)C1. The maximum Gasteiger partial charge on any atom is 0.317 e. The molecule has 0 aromatic heterocycles. The molecule has 5 heteroatoms. The lowest BCUT2D eigenvalue weighted by Crippen LogP contribution is -2.47. The third-order valence-electron chi connectivity index (χ3n) is 2.37. The van der Waals surface area contributed by atoms with Gasteiger partial charge >= 0.3 is 6.03 Å². The minimum Gasteiger partial charge on any atom is -0.386 e. The average Bonchev–Trinajstić information content (AvgIpc) is 2.14. The molecule has 1 saturated heterocycles. The molecule has 5 nitrogen and oxygen atoms in total. The summed E-state index contributed by atoms with van der Waals surface area (Å²) < 4.78 is 0. The Labute approximate surface area is 84.1 Å². The first-order chi connectivity index (χ1) is 6.59. The molecule has 4 N–H and O–H groups in total. The Morgan fingerprint density at radius 1 is 1.71 bits per heavy atom. The molecule has 1 heterocycles. The van der Waals surface area contributed by atoms with Crippen LogP contribution < -0.4 is 11.1 Å². The van der Waals surface area contributed by atoms with Crippen LogP contribution in [0.4, 0.5) is 4.79 Å². The van der Waals surface area contributed by atoms with Crippen LogP contribution in [0.2, 0.25) is 0 Å². The molecule has 0 bridgehead atoms. The summed E-state index contributed by atoms with van der Waals surface area (Å²) in [5.41, 5.74) is 5.15. The fourth-order valence-electron chi connectivity index (χ4n) is 1.66. The minimum absolute atomic E-state index is 0.0107. The van der Waals surface area contributed by atoms with Gasteiger partial charge in [0, 0.05) is 13.1 Å². The number of hydrogen-bond acceptors (Lipinski definition) is 2. The highest BCUT2D eigenvalue weighted by Crippen LogP contribution is 2.14. The van der Waals surface area contributed by atoms with Crippen LogP contribution in [-0.2, 0) is 0 Å². The highest BCUT2D eigenvalue weighted by atomic mass is 16.2. The minimum atomic E-state index is -0.105. The number of carbonyl (C=O) groups is 1. The topological polar surface area (TPSA) is 82.2 Å². The first-order valence-electron chi connectivity index (χ1n) is 4.95. The number of likely N-dealkylation sites (tertiary alicyclic amines) is 1. The van der Waals surface area contributed by atoms with Gasteiger partial charge < -0.3 is 16.0 Å². The molecule has 80 valence electrons. The number of amides is 2. The summed E-state index contributed by atoms with van der Waals surface area (Å²) in [6.07, 6.45) is 2.26. The van der Waals surface area contributed by atoms with Gasteiger partial charge in [0.2, 0.25) is 0 Å². The van der Waals surface area contributed by atoms with Gasteiger partial charge in [0.1, 0.15) is 5.84 Å². The molecule has 14 heavy (non-hydrogen) atoms. The van der Waals surface area contributed by atoms with Crippen molar-refractivity contribution in [2.45, 2.75) is 19.8 Å². The number of amidine groups is 1. The van der Waals surface area contributed by atoms with E-state index in [0.29, 0.717) is 5.92 Å². The van der Waals surface area contributed by atoms with Crippen LogP contribution in [0.15, 0.2) is 0 Å². The summed E-state index contributed by atoms with van der Waals surface area (Å²) in [5, 5.41) is 9.60. The first-order valence-corrected chi connectivity index (χ1v) is 4.95. The zero-order chi connectivity index (χ0) is 10.6. The summed E-state index contributed by atoms with van der Waals surface area (Å²) in [7, 11) is 0. The molecule has 1 fully saturated rings. The molecule has 0 aliphatic carbocycles. The van der Waals surface area contributed by atoms with E-state index in [0.717, 1.165) is 19.5 Å². The lowest BCUT2D eigenvalue weighted by Gasteiger charge is -2.30. The van der Waals surface area contributed by atoms with E-state index < -0.39 is 0 Å². The van der Waals surface area contributed by atoms with Crippen LogP contribution in [0.3, 0.4) is 0 Å². The van der Waals surface area contributed by atoms with Crippen LogP contribution in [0.5, 0.6) is 0 Å². The van der Waals surface area contributed by atoms with E-state index in [9.17, 15) is 4.79 Å². The Balaban J connectivity index is 2.32. The number of hydrogen-bond donors (Lipinski definition) is 3. The highest BCUT2D eigenvalue weighted by molar-refractivity contribution is 5.84. The van der Waals surface area contributed by atoms with Crippen molar-refractivity contribution < 1.29 is 4.79 Å². The van der Waals surface area contributed by atoms with Crippen LogP contribution in [0.1, 0.15) is 19.8 Å². The fraction of sp³-hybridized carbons (Fsp3) is 0.778. The van der Waals surface area contributed by atoms with Crippen molar-refractivity contribution >= 4 is 11.9 Å². The van der Waals surface area contributed by atoms with Crippen molar-refractivity contribution in [2.24, 2.45) is 11.7 Å². The zero-order valence-electron chi connectivity index (χ0n) is 8.55. The number of rotatable bonds is 2. The smallest absolute Gasteiger partial charge is 0.317 e. The maximum absolute atomic E-state index is 11.5. The molecule has 0 spiro atoms. The number of carbonyl (C=O) groups excluding carboxylic acids is 1. The van der Waals surface area contributed by atoms with Gasteiger partial charge in [-0.3, -0.25) is 5.41 Å². The predicted molar refractivity (Wildman–Crippen MR) is 55.3 cm³/mol. The number of nitrogens with one attached hydrogen (secondary N) is 2. The molecule has 2 amide bonds. The lowest BCUT2D eigenvalue weighted by molar-refractivity contribution is 0.171. The second kappa shape index (κ2) is 4.83. The highest BCUT2D eigenvalue weighted by Gasteiger charge is 2.20. The third-order valence-corrected chi connectivity index (χ3v) is 2.37. The monoisotopic (exact) mass is 198 g/mol. The van der Waals surface area contributed by atoms with Crippen molar-refractivity contribution in [3.8, 4) is 0 Å². The predicted octanol–water partition coefficient (Wildman–Crippen LogP) is 0.364. The molecule has 1 unspecified atom stereocenters. The Bertz CT molecular complexity index is 229. The van der Waals surface area contributed by atoms with E-state index in [4.69, 9.17) is 11.1 Å². The van der Waals surface area contributed by atoms with Gasteiger partial charge in [-0.05, 0) is 18.8 Å². The quantitative estimate of drug-likeness (QED) is 0.442. The van der Waals surface area contributed by atoms with E-state index >= 15 is 0 Å². The van der Waals surface area contributed by atoms with Crippen LogP contribution in [0, 0.1) is 11.3 Å². The molecule has 1 rings (SSSR count).